The average Bonchev–Trinajstić information content (AvgIpc) is 2.28. The zero-order valence-electron chi connectivity index (χ0n) is 12.3. The maximum atomic E-state index is 9.46. The zero-order chi connectivity index (χ0) is 13.1. The van der Waals surface area contributed by atoms with E-state index in [4.69, 9.17) is 0 Å². The van der Waals surface area contributed by atoms with Crippen LogP contribution in [0.2, 0.25) is 0 Å². The minimum absolute atomic E-state index is 0.0733. The van der Waals surface area contributed by atoms with Crippen molar-refractivity contribution in [2.24, 2.45) is 5.41 Å². The van der Waals surface area contributed by atoms with Gasteiger partial charge in [0.2, 0.25) is 0 Å². The number of rotatable bonds is 4. The van der Waals surface area contributed by atoms with Crippen LogP contribution in [-0.4, -0.2) is 59.8 Å². The van der Waals surface area contributed by atoms with E-state index in [0.29, 0.717) is 6.61 Å². The lowest BCUT2D eigenvalue weighted by molar-refractivity contribution is 0.0257. The first kappa shape index (κ1) is 14.9. The fourth-order valence-corrected chi connectivity index (χ4v) is 2.39. The van der Waals surface area contributed by atoms with Crippen molar-refractivity contribution >= 4 is 0 Å². The minimum atomic E-state index is 0.0733. The Hall–Kier alpha value is -0.120. The SMILES string of the molecule is CCC(C)(CO)CN1CCN(C(C)(C)C)CC1. The first-order valence-electron chi connectivity index (χ1n) is 6.89. The number of hydrogen-bond acceptors (Lipinski definition) is 3. The highest BCUT2D eigenvalue weighted by Gasteiger charge is 2.29. The van der Waals surface area contributed by atoms with Crippen molar-refractivity contribution in [3.05, 3.63) is 0 Å². The molecule has 0 aliphatic carbocycles. The standard InChI is InChI=1S/C14H30N2O/c1-6-14(5,12-17)11-15-7-9-16(10-8-15)13(2,3)4/h17H,6-12H2,1-5H3. The smallest absolute Gasteiger partial charge is 0.0496 e. The van der Waals surface area contributed by atoms with Crippen LogP contribution in [0.1, 0.15) is 41.0 Å². The van der Waals surface area contributed by atoms with E-state index in [-0.39, 0.29) is 11.0 Å². The molecule has 1 aliphatic heterocycles. The Morgan fingerprint density at radius 2 is 1.53 bits per heavy atom. The highest BCUT2D eigenvalue weighted by Crippen LogP contribution is 2.23. The number of aliphatic hydroxyl groups is 1. The molecule has 3 nitrogen and oxygen atoms in total. The molecule has 0 aromatic carbocycles. The molecular formula is C14H30N2O. The molecule has 0 bridgehead atoms. The van der Waals surface area contributed by atoms with Gasteiger partial charge in [-0.3, -0.25) is 4.90 Å². The number of hydrogen-bond donors (Lipinski definition) is 1. The van der Waals surface area contributed by atoms with Crippen LogP contribution < -0.4 is 0 Å². The van der Waals surface area contributed by atoms with Gasteiger partial charge in [-0.25, -0.2) is 0 Å². The summed E-state index contributed by atoms with van der Waals surface area (Å²) in [6.45, 7) is 17.1. The van der Waals surface area contributed by atoms with E-state index in [1.165, 1.54) is 0 Å². The molecule has 1 N–H and O–H groups in total. The van der Waals surface area contributed by atoms with Crippen LogP contribution in [0, 0.1) is 5.41 Å². The first-order chi connectivity index (χ1) is 7.80. The quantitative estimate of drug-likeness (QED) is 0.814. The third kappa shape index (κ3) is 4.23. The normalized spacial score (nSPS) is 23.6. The van der Waals surface area contributed by atoms with Gasteiger partial charge in [0, 0.05) is 50.3 Å². The number of nitrogens with zero attached hydrogens (tertiary/aromatic N) is 2. The Morgan fingerprint density at radius 1 is 1.00 bits per heavy atom. The van der Waals surface area contributed by atoms with Crippen LogP contribution in [0.25, 0.3) is 0 Å². The maximum Gasteiger partial charge on any atom is 0.0496 e. The van der Waals surface area contributed by atoms with Crippen molar-refractivity contribution in [2.45, 2.75) is 46.6 Å². The summed E-state index contributed by atoms with van der Waals surface area (Å²) in [5, 5.41) is 9.46. The van der Waals surface area contributed by atoms with Crippen molar-refractivity contribution < 1.29 is 5.11 Å². The van der Waals surface area contributed by atoms with Crippen LogP contribution in [-0.2, 0) is 0 Å². The van der Waals surface area contributed by atoms with Crippen molar-refractivity contribution in [1.82, 2.24) is 9.80 Å². The lowest BCUT2D eigenvalue weighted by atomic mass is 9.87. The molecule has 1 unspecified atom stereocenters. The fraction of sp³-hybridized carbons (Fsp3) is 1.00. The predicted molar refractivity (Wildman–Crippen MR) is 73.2 cm³/mol. The first-order valence-corrected chi connectivity index (χ1v) is 6.89. The van der Waals surface area contributed by atoms with Crippen LogP contribution in [0.4, 0.5) is 0 Å². The Bertz CT molecular complexity index is 223. The summed E-state index contributed by atoms with van der Waals surface area (Å²) in [6.07, 6.45) is 1.04. The van der Waals surface area contributed by atoms with Crippen LogP contribution in [0.3, 0.4) is 0 Å². The van der Waals surface area contributed by atoms with Gasteiger partial charge in [0.1, 0.15) is 0 Å². The minimum Gasteiger partial charge on any atom is -0.396 e. The van der Waals surface area contributed by atoms with E-state index in [2.05, 4.69) is 44.4 Å². The molecule has 0 aromatic rings. The second kappa shape index (κ2) is 5.68. The molecule has 1 atom stereocenters. The number of aliphatic hydroxyl groups excluding tert-OH is 1. The van der Waals surface area contributed by atoms with Gasteiger partial charge in [-0.05, 0) is 27.2 Å². The highest BCUT2D eigenvalue weighted by atomic mass is 16.3. The van der Waals surface area contributed by atoms with E-state index in [0.717, 1.165) is 39.1 Å². The molecular weight excluding hydrogens is 212 g/mol. The maximum absolute atomic E-state index is 9.46. The highest BCUT2D eigenvalue weighted by molar-refractivity contribution is 4.84. The molecule has 102 valence electrons. The second-order valence-electron chi connectivity index (χ2n) is 6.76. The third-order valence-electron chi connectivity index (χ3n) is 4.16. The summed E-state index contributed by atoms with van der Waals surface area (Å²) in [6, 6.07) is 0. The molecule has 0 aromatic heterocycles. The largest absolute Gasteiger partial charge is 0.396 e. The van der Waals surface area contributed by atoms with E-state index in [9.17, 15) is 5.11 Å². The van der Waals surface area contributed by atoms with Crippen molar-refractivity contribution in [1.29, 1.82) is 0 Å². The molecule has 17 heavy (non-hydrogen) atoms. The molecule has 1 heterocycles. The van der Waals surface area contributed by atoms with Crippen molar-refractivity contribution in [2.75, 3.05) is 39.3 Å². The van der Waals surface area contributed by atoms with Gasteiger partial charge in [0.15, 0.2) is 0 Å². The van der Waals surface area contributed by atoms with Gasteiger partial charge >= 0.3 is 0 Å². The van der Waals surface area contributed by atoms with Crippen LogP contribution in [0.5, 0.6) is 0 Å². The Morgan fingerprint density at radius 3 is 1.88 bits per heavy atom. The molecule has 1 saturated heterocycles. The van der Waals surface area contributed by atoms with Gasteiger partial charge in [0.05, 0.1) is 0 Å². The summed E-state index contributed by atoms with van der Waals surface area (Å²) in [7, 11) is 0. The molecule has 0 amide bonds. The molecule has 1 fully saturated rings. The molecule has 3 heteroatoms. The van der Waals surface area contributed by atoms with E-state index < -0.39 is 0 Å². The van der Waals surface area contributed by atoms with E-state index in [1.54, 1.807) is 0 Å². The van der Waals surface area contributed by atoms with E-state index in [1.807, 2.05) is 0 Å². The molecule has 1 rings (SSSR count). The van der Waals surface area contributed by atoms with Gasteiger partial charge in [-0.1, -0.05) is 13.8 Å². The summed E-state index contributed by atoms with van der Waals surface area (Å²) in [5.41, 5.74) is 0.362. The lowest BCUT2D eigenvalue weighted by Crippen LogP contribution is -2.55. The summed E-state index contributed by atoms with van der Waals surface area (Å²) >= 11 is 0. The van der Waals surface area contributed by atoms with E-state index >= 15 is 0 Å². The molecule has 0 radical (unpaired) electrons. The second-order valence-corrected chi connectivity index (χ2v) is 6.76. The van der Waals surface area contributed by atoms with Gasteiger partial charge in [-0.15, -0.1) is 0 Å². The molecule has 0 saturated carbocycles. The lowest BCUT2D eigenvalue weighted by Gasteiger charge is -2.44. The Balaban J connectivity index is 2.42. The van der Waals surface area contributed by atoms with Gasteiger partial charge < -0.3 is 10.0 Å². The molecule has 0 spiro atoms. The topological polar surface area (TPSA) is 26.7 Å². The molecule has 1 aliphatic rings. The summed E-state index contributed by atoms with van der Waals surface area (Å²) in [5.74, 6) is 0. The van der Waals surface area contributed by atoms with Crippen molar-refractivity contribution in [3.63, 3.8) is 0 Å². The number of piperazine rings is 1. The fourth-order valence-electron chi connectivity index (χ4n) is 2.39. The monoisotopic (exact) mass is 242 g/mol. The summed E-state index contributed by atoms with van der Waals surface area (Å²) in [4.78, 5) is 5.05. The van der Waals surface area contributed by atoms with Gasteiger partial charge in [-0.2, -0.15) is 0 Å². The van der Waals surface area contributed by atoms with Crippen LogP contribution in [0.15, 0.2) is 0 Å². The Kier molecular flexibility index (Phi) is 4.99. The zero-order valence-corrected chi connectivity index (χ0v) is 12.3. The average molecular weight is 242 g/mol. The summed E-state index contributed by atoms with van der Waals surface area (Å²) < 4.78 is 0. The Labute approximate surface area is 107 Å². The van der Waals surface area contributed by atoms with Crippen molar-refractivity contribution in [3.8, 4) is 0 Å². The third-order valence-corrected chi connectivity index (χ3v) is 4.16. The van der Waals surface area contributed by atoms with Crippen LogP contribution >= 0.6 is 0 Å². The van der Waals surface area contributed by atoms with Gasteiger partial charge in [0.25, 0.3) is 0 Å². The predicted octanol–water partition coefficient (Wildman–Crippen LogP) is 1.81.